The van der Waals surface area contributed by atoms with E-state index < -0.39 is 0 Å². The van der Waals surface area contributed by atoms with Crippen molar-refractivity contribution < 1.29 is 14.3 Å². The number of amidine groups is 1. The Morgan fingerprint density at radius 3 is 2.89 bits per heavy atom. The van der Waals surface area contributed by atoms with E-state index in [1.54, 1.807) is 7.11 Å². The summed E-state index contributed by atoms with van der Waals surface area (Å²) in [5, 5.41) is 2.84. The Kier molecular flexibility index (Phi) is 4.99. The number of piperidine rings is 1. The first-order chi connectivity index (χ1) is 13.2. The predicted octanol–water partition coefficient (Wildman–Crippen LogP) is 3.98. The first-order valence-corrected chi connectivity index (χ1v) is 9.54. The molecular formula is C21H19BrN2O3. The third-order valence-corrected chi connectivity index (χ3v) is 5.56. The Morgan fingerprint density at radius 1 is 1.22 bits per heavy atom. The van der Waals surface area contributed by atoms with Crippen molar-refractivity contribution in [1.29, 1.82) is 0 Å². The van der Waals surface area contributed by atoms with Gasteiger partial charge < -0.3 is 14.8 Å². The zero-order valence-corrected chi connectivity index (χ0v) is 16.5. The second kappa shape index (κ2) is 7.56. The molecule has 2 aromatic rings. The molecule has 4 rings (SSSR count). The van der Waals surface area contributed by atoms with E-state index in [0.29, 0.717) is 36.9 Å². The smallest absolute Gasteiger partial charge is 0.226 e. The molecule has 5 nitrogen and oxygen atoms in total. The number of halogens is 1. The third-order valence-electron chi connectivity index (χ3n) is 4.79. The van der Waals surface area contributed by atoms with E-state index in [1.807, 2.05) is 42.5 Å². The maximum atomic E-state index is 12.0. The number of hydrogen-bond acceptors (Lipinski definition) is 4. The van der Waals surface area contributed by atoms with Crippen molar-refractivity contribution in [3.8, 4) is 11.5 Å². The monoisotopic (exact) mass is 426 g/mol. The van der Waals surface area contributed by atoms with Crippen LogP contribution in [0.5, 0.6) is 11.5 Å². The van der Waals surface area contributed by atoms with Gasteiger partial charge in [0, 0.05) is 27.9 Å². The Hall–Kier alpha value is -2.60. The van der Waals surface area contributed by atoms with Gasteiger partial charge in [0.05, 0.1) is 13.7 Å². The number of benzene rings is 2. The Morgan fingerprint density at radius 2 is 2.07 bits per heavy atom. The zero-order valence-electron chi connectivity index (χ0n) is 14.9. The van der Waals surface area contributed by atoms with Crippen molar-refractivity contribution in [2.45, 2.75) is 18.9 Å². The van der Waals surface area contributed by atoms with Crippen LogP contribution in [0.15, 0.2) is 63.6 Å². The van der Waals surface area contributed by atoms with Gasteiger partial charge in [-0.15, -0.1) is 0 Å². The average molecular weight is 427 g/mol. The van der Waals surface area contributed by atoms with Gasteiger partial charge >= 0.3 is 0 Å². The van der Waals surface area contributed by atoms with Gasteiger partial charge in [0.25, 0.3) is 0 Å². The largest absolute Gasteiger partial charge is 0.493 e. The topological polar surface area (TPSA) is 59.9 Å². The van der Waals surface area contributed by atoms with Gasteiger partial charge in [0.15, 0.2) is 11.5 Å². The van der Waals surface area contributed by atoms with Gasteiger partial charge in [-0.2, -0.15) is 0 Å². The van der Waals surface area contributed by atoms with Gasteiger partial charge in [-0.1, -0.05) is 46.3 Å². The maximum absolute atomic E-state index is 12.0. The van der Waals surface area contributed by atoms with Crippen molar-refractivity contribution in [2.75, 3.05) is 13.7 Å². The summed E-state index contributed by atoms with van der Waals surface area (Å²) in [6.07, 6.45) is 2.48. The van der Waals surface area contributed by atoms with Crippen molar-refractivity contribution in [3.05, 3.63) is 69.7 Å². The summed E-state index contributed by atoms with van der Waals surface area (Å²) in [5.41, 5.74) is 3.17. The lowest BCUT2D eigenvalue weighted by Gasteiger charge is -2.26. The van der Waals surface area contributed by atoms with Crippen LogP contribution in [-0.4, -0.2) is 25.4 Å². The standard InChI is InChI=1S/C21H19BrN2O3/c1-26-19-10-13(16-11-20(25)24-21-15(16)8-9-23-21)6-7-18(19)27-12-14-4-2-3-5-17(14)22/h2-8,10,16H,9,11-12H2,1H3,(H,23,24,25). The molecule has 0 aromatic heterocycles. The van der Waals surface area contributed by atoms with E-state index >= 15 is 0 Å². The van der Waals surface area contributed by atoms with Crippen molar-refractivity contribution in [2.24, 2.45) is 4.99 Å². The molecule has 0 saturated carbocycles. The summed E-state index contributed by atoms with van der Waals surface area (Å²) in [4.78, 5) is 16.4. The molecule has 2 aromatic carbocycles. The molecule has 0 spiro atoms. The van der Waals surface area contributed by atoms with Crippen LogP contribution in [0.25, 0.3) is 0 Å². The molecule has 27 heavy (non-hydrogen) atoms. The molecule has 1 saturated heterocycles. The molecule has 138 valence electrons. The number of ether oxygens (including phenoxy) is 2. The first kappa shape index (κ1) is 17.8. The van der Waals surface area contributed by atoms with Crippen molar-refractivity contribution in [1.82, 2.24) is 5.32 Å². The fourth-order valence-electron chi connectivity index (χ4n) is 3.41. The molecule has 2 aliphatic heterocycles. The van der Waals surface area contributed by atoms with Gasteiger partial charge in [-0.3, -0.25) is 9.79 Å². The fraction of sp³-hybridized carbons (Fsp3) is 0.238. The number of fused-ring (bicyclic) bond motifs is 1. The molecule has 1 amide bonds. The van der Waals surface area contributed by atoms with Crippen LogP contribution in [0.1, 0.15) is 23.5 Å². The lowest BCUT2D eigenvalue weighted by atomic mass is 9.85. The van der Waals surface area contributed by atoms with Crippen molar-refractivity contribution >= 4 is 27.7 Å². The fourth-order valence-corrected chi connectivity index (χ4v) is 3.81. The number of carbonyl (C=O) groups is 1. The predicted molar refractivity (Wildman–Crippen MR) is 107 cm³/mol. The molecule has 1 N–H and O–H groups in total. The SMILES string of the molecule is COc1cc(C2CC(=O)NC3=NCC=C32)ccc1OCc1ccccc1Br. The number of amides is 1. The number of carbonyl (C=O) groups excluding carboxylic acids is 1. The molecule has 1 fully saturated rings. The van der Waals surface area contributed by atoms with Crippen LogP contribution in [0.3, 0.4) is 0 Å². The number of aliphatic imine (C=N–C) groups is 1. The first-order valence-electron chi connectivity index (χ1n) is 8.74. The highest BCUT2D eigenvalue weighted by atomic mass is 79.9. The molecule has 0 aliphatic carbocycles. The Bertz CT molecular complexity index is 952. The molecule has 2 heterocycles. The molecule has 0 bridgehead atoms. The van der Waals surface area contributed by atoms with E-state index in [9.17, 15) is 4.79 Å². The van der Waals surface area contributed by atoms with Crippen LogP contribution in [0.4, 0.5) is 0 Å². The van der Waals surface area contributed by atoms with Crippen LogP contribution >= 0.6 is 15.9 Å². The van der Waals surface area contributed by atoms with E-state index in [-0.39, 0.29) is 11.8 Å². The van der Waals surface area contributed by atoms with Crippen LogP contribution in [0.2, 0.25) is 0 Å². The number of methoxy groups -OCH3 is 1. The third kappa shape index (κ3) is 3.62. The van der Waals surface area contributed by atoms with Gasteiger partial charge in [-0.05, 0) is 23.8 Å². The van der Waals surface area contributed by atoms with E-state index in [0.717, 1.165) is 21.2 Å². The minimum absolute atomic E-state index is 0.00813. The van der Waals surface area contributed by atoms with Crippen molar-refractivity contribution in [3.63, 3.8) is 0 Å². The second-order valence-corrected chi connectivity index (χ2v) is 7.30. The highest BCUT2D eigenvalue weighted by molar-refractivity contribution is 9.10. The molecule has 0 radical (unpaired) electrons. The molecular weight excluding hydrogens is 408 g/mol. The van der Waals surface area contributed by atoms with Gasteiger partial charge in [0.1, 0.15) is 12.4 Å². The molecule has 2 aliphatic rings. The highest BCUT2D eigenvalue weighted by Crippen LogP contribution is 2.38. The average Bonchev–Trinajstić information content (AvgIpc) is 3.15. The summed E-state index contributed by atoms with van der Waals surface area (Å²) >= 11 is 3.53. The summed E-state index contributed by atoms with van der Waals surface area (Å²) in [6, 6.07) is 13.8. The lowest BCUT2D eigenvalue weighted by Crippen LogP contribution is -2.38. The minimum Gasteiger partial charge on any atom is -0.493 e. The maximum Gasteiger partial charge on any atom is 0.226 e. The molecule has 1 unspecified atom stereocenters. The summed E-state index contributed by atoms with van der Waals surface area (Å²) < 4.78 is 12.5. The van der Waals surface area contributed by atoms with E-state index in [1.165, 1.54) is 0 Å². The van der Waals surface area contributed by atoms with Gasteiger partial charge in [0.2, 0.25) is 5.91 Å². The zero-order chi connectivity index (χ0) is 18.8. The van der Waals surface area contributed by atoms with Crippen LogP contribution in [-0.2, 0) is 11.4 Å². The van der Waals surface area contributed by atoms with Crippen LogP contribution < -0.4 is 14.8 Å². The Balaban J connectivity index is 1.57. The summed E-state index contributed by atoms with van der Waals surface area (Å²) in [5.74, 6) is 2.01. The lowest BCUT2D eigenvalue weighted by molar-refractivity contribution is -0.120. The Labute approximate surface area is 166 Å². The van der Waals surface area contributed by atoms with E-state index in [2.05, 4.69) is 32.3 Å². The highest BCUT2D eigenvalue weighted by Gasteiger charge is 2.32. The van der Waals surface area contributed by atoms with Gasteiger partial charge in [-0.25, -0.2) is 0 Å². The number of nitrogens with zero attached hydrogens (tertiary/aromatic N) is 1. The number of rotatable bonds is 5. The minimum atomic E-state index is -0.00831. The molecule has 1 atom stereocenters. The quantitative estimate of drug-likeness (QED) is 0.786. The normalized spacial score (nSPS) is 18.3. The number of hydrogen-bond donors (Lipinski definition) is 1. The summed E-state index contributed by atoms with van der Waals surface area (Å²) in [7, 11) is 1.62. The molecule has 6 heteroatoms. The number of nitrogens with one attached hydrogen (secondary N) is 1. The van der Waals surface area contributed by atoms with E-state index in [4.69, 9.17) is 9.47 Å². The second-order valence-electron chi connectivity index (χ2n) is 6.44. The summed E-state index contributed by atoms with van der Waals surface area (Å²) in [6.45, 7) is 1.05. The van der Waals surface area contributed by atoms with Crippen LogP contribution in [0, 0.1) is 0 Å².